The van der Waals surface area contributed by atoms with Crippen LogP contribution in [0.4, 0.5) is 0 Å². The van der Waals surface area contributed by atoms with Crippen molar-refractivity contribution in [3.63, 3.8) is 0 Å². The molecule has 17 heavy (non-hydrogen) atoms. The zero-order valence-electron chi connectivity index (χ0n) is 9.81. The molecular formula is C13H16O4. The van der Waals surface area contributed by atoms with Gasteiger partial charge in [0.05, 0.1) is 6.61 Å². The number of carboxylic acids is 1. The van der Waals surface area contributed by atoms with E-state index in [-0.39, 0.29) is 0 Å². The van der Waals surface area contributed by atoms with Crippen molar-refractivity contribution >= 4 is 5.97 Å². The first-order valence-corrected chi connectivity index (χ1v) is 5.71. The Labute approximate surface area is 100 Å². The Hall–Kier alpha value is -1.55. The Morgan fingerprint density at radius 3 is 3.12 bits per heavy atom. The second-order valence-electron chi connectivity index (χ2n) is 4.14. The molecule has 0 aliphatic carbocycles. The first-order valence-electron chi connectivity index (χ1n) is 5.71. The van der Waals surface area contributed by atoms with Crippen LogP contribution in [-0.4, -0.2) is 30.9 Å². The third-order valence-corrected chi connectivity index (χ3v) is 3.01. The summed E-state index contributed by atoms with van der Waals surface area (Å²) in [5.74, 6) is 0.0484. The zero-order chi connectivity index (χ0) is 12.3. The van der Waals surface area contributed by atoms with E-state index >= 15 is 0 Å². The van der Waals surface area contributed by atoms with Crippen LogP contribution in [0.2, 0.25) is 0 Å². The topological polar surface area (TPSA) is 55.8 Å². The minimum atomic E-state index is -0.906. The molecule has 0 fully saturated rings. The first-order chi connectivity index (χ1) is 8.20. The highest BCUT2D eigenvalue weighted by atomic mass is 16.5. The number of carbonyl (C=O) groups is 1. The highest BCUT2D eigenvalue weighted by molar-refractivity contribution is 5.72. The molecule has 1 aromatic rings. The van der Waals surface area contributed by atoms with Crippen LogP contribution < -0.4 is 4.74 Å². The third kappa shape index (κ3) is 2.77. The highest BCUT2D eigenvalue weighted by Crippen LogP contribution is 2.26. The Balaban J connectivity index is 1.97. The molecular weight excluding hydrogens is 220 g/mol. The van der Waals surface area contributed by atoms with Gasteiger partial charge < -0.3 is 14.6 Å². The summed E-state index contributed by atoms with van der Waals surface area (Å²) in [4.78, 5) is 10.8. The van der Waals surface area contributed by atoms with Crippen molar-refractivity contribution in [3.05, 3.63) is 29.3 Å². The van der Waals surface area contributed by atoms with Crippen LogP contribution in [0, 0.1) is 0 Å². The summed E-state index contributed by atoms with van der Waals surface area (Å²) in [5.41, 5.74) is 2.35. The van der Waals surface area contributed by atoms with E-state index in [4.69, 9.17) is 14.6 Å². The van der Waals surface area contributed by atoms with E-state index in [9.17, 15) is 4.79 Å². The van der Waals surface area contributed by atoms with Gasteiger partial charge in [0.15, 0.2) is 6.10 Å². The number of methoxy groups -OCH3 is 1. The van der Waals surface area contributed by atoms with Crippen LogP contribution in [0.25, 0.3) is 0 Å². The minimum Gasteiger partial charge on any atom is -0.493 e. The molecule has 2 rings (SSSR count). The molecule has 0 amide bonds. The smallest absolute Gasteiger partial charge is 0.332 e. The lowest BCUT2D eigenvalue weighted by Gasteiger charge is -2.10. The summed E-state index contributed by atoms with van der Waals surface area (Å²) >= 11 is 0. The van der Waals surface area contributed by atoms with E-state index in [1.165, 1.54) is 12.7 Å². The third-order valence-electron chi connectivity index (χ3n) is 3.01. The summed E-state index contributed by atoms with van der Waals surface area (Å²) in [7, 11) is 1.43. The number of benzene rings is 1. The molecule has 1 aliphatic rings. The number of aliphatic carboxylic acids is 1. The molecule has 4 heteroatoms. The summed E-state index contributed by atoms with van der Waals surface area (Å²) in [6, 6.07) is 6.04. The van der Waals surface area contributed by atoms with Crippen LogP contribution >= 0.6 is 0 Å². The molecule has 0 saturated carbocycles. The fourth-order valence-electron chi connectivity index (χ4n) is 2.04. The van der Waals surface area contributed by atoms with Crippen molar-refractivity contribution in [1.82, 2.24) is 0 Å². The average molecular weight is 236 g/mol. The van der Waals surface area contributed by atoms with Gasteiger partial charge in [-0.15, -0.1) is 0 Å². The number of carboxylic acid groups (broad SMARTS) is 1. The second kappa shape index (κ2) is 5.19. The van der Waals surface area contributed by atoms with Crippen LogP contribution in [-0.2, 0) is 22.4 Å². The lowest BCUT2D eigenvalue weighted by molar-refractivity contribution is -0.148. The maximum absolute atomic E-state index is 10.8. The Morgan fingerprint density at radius 1 is 1.59 bits per heavy atom. The Morgan fingerprint density at radius 2 is 2.41 bits per heavy atom. The fraction of sp³-hybridized carbons (Fsp3) is 0.462. The van der Waals surface area contributed by atoms with E-state index in [2.05, 4.69) is 6.07 Å². The predicted octanol–water partition coefficient (Wildman–Crippen LogP) is 1.65. The van der Waals surface area contributed by atoms with Crippen molar-refractivity contribution in [1.29, 1.82) is 0 Å². The summed E-state index contributed by atoms with van der Waals surface area (Å²) in [6.07, 6.45) is 1.42. The summed E-state index contributed by atoms with van der Waals surface area (Å²) in [6.45, 7) is 0.745. The van der Waals surface area contributed by atoms with Crippen molar-refractivity contribution in [2.24, 2.45) is 0 Å². The van der Waals surface area contributed by atoms with Gasteiger partial charge in [0.2, 0.25) is 0 Å². The van der Waals surface area contributed by atoms with Crippen molar-refractivity contribution in [2.45, 2.75) is 25.4 Å². The maximum Gasteiger partial charge on any atom is 0.332 e. The largest absolute Gasteiger partial charge is 0.493 e. The Kier molecular flexibility index (Phi) is 3.64. The molecule has 1 heterocycles. The van der Waals surface area contributed by atoms with Gasteiger partial charge in [0, 0.05) is 13.5 Å². The maximum atomic E-state index is 10.8. The summed E-state index contributed by atoms with van der Waals surface area (Å²) in [5, 5.41) is 8.86. The zero-order valence-corrected chi connectivity index (χ0v) is 9.81. The molecule has 1 unspecified atom stereocenters. The molecule has 1 aromatic carbocycles. The van der Waals surface area contributed by atoms with Gasteiger partial charge in [-0.2, -0.15) is 0 Å². The number of hydrogen-bond donors (Lipinski definition) is 1. The molecule has 92 valence electrons. The number of aryl methyl sites for hydroxylation is 1. The lowest BCUT2D eigenvalue weighted by Crippen LogP contribution is -2.22. The normalized spacial score (nSPS) is 15.1. The van der Waals surface area contributed by atoms with Crippen LogP contribution in [0.1, 0.15) is 17.5 Å². The van der Waals surface area contributed by atoms with Crippen molar-refractivity contribution in [2.75, 3.05) is 13.7 Å². The van der Waals surface area contributed by atoms with Crippen molar-refractivity contribution in [3.8, 4) is 5.75 Å². The molecule has 0 saturated heterocycles. The van der Waals surface area contributed by atoms with Gasteiger partial charge in [-0.05, 0) is 30.0 Å². The van der Waals surface area contributed by atoms with Crippen LogP contribution in [0.15, 0.2) is 18.2 Å². The van der Waals surface area contributed by atoms with Gasteiger partial charge in [-0.3, -0.25) is 0 Å². The van der Waals surface area contributed by atoms with E-state index in [1.54, 1.807) is 0 Å². The first kappa shape index (κ1) is 11.9. The van der Waals surface area contributed by atoms with Gasteiger partial charge in [0.1, 0.15) is 5.75 Å². The van der Waals surface area contributed by atoms with Crippen molar-refractivity contribution < 1.29 is 19.4 Å². The standard InChI is InChI=1S/C13H16O4/c1-16-12(13(14)15)5-3-9-2-4-11-10(8-9)6-7-17-11/h2,4,8,12H,3,5-7H2,1H3,(H,14,15). The molecule has 0 radical (unpaired) electrons. The molecule has 1 atom stereocenters. The van der Waals surface area contributed by atoms with Gasteiger partial charge >= 0.3 is 5.97 Å². The SMILES string of the molecule is COC(CCc1ccc2c(c1)CCO2)C(=O)O. The number of fused-ring (bicyclic) bond motifs is 1. The Bertz CT molecular complexity index is 414. The average Bonchev–Trinajstić information content (AvgIpc) is 2.76. The van der Waals surface area contributed by atoms with E-state index in [0.29, 0.717) is 12.8 Å². The minimum absolute atomic E-state index is 0.492. The number of rotatable bonds is 5. The van der Waals surface area contributed by atoms with Gasteiger partial charge in [-0.1, -0.05) is 12.1 Å². The fourth-order valence-corrected chi connectivity index (χ4v) is 2.04. The van der Waals surface area contributed by atoms with Crippen LogP contribution in [0.5, 0.6) is 5.75 Å². The summed E-state index contributed by atoms with van der Waals surface area (Å²) < 4.78 is 10.3. The number of hydrogen-bond acceptors (Lipinski definition) is 3. The van der Waals surface area contributed by atoms with E-state index < -0.39 is 12.1 Å². The predicted molar refractivity (Wildman–Crippen MR) is 62.4 cm³/mol. The van der Waals surface area contributed by atoms with E-state index in [1.807, 2.05) is 12.1 Å². The molecule has 4 nitrogen and oxygen atoms in total. The highest BCUT2D eigenvalue weighted by Gasteiger charge is 2.17. The quantitative estimate of drug-likeness (QED) is 0.844. The van der Waals surface area contributed by atoms with Gasteiger partial charge in [0.25, 0.3) is 0 Å². The monoisotopic (exact) mass is 236 g/mol. The molecule has 0 bridgehead atoms. The van der Waals surface area contributed by atoms with Gasteiger partial charge in [-0.25, -0.2) is 4.79 Å². The van der Waals surface area contributed by atoms with E-state index in [0.717, 1.165) is 24.3 Å². The molecule has 0 aromatic heterocycles. The second-order valence-corrected chi connectivity index (χ2v) is 4.14. The molecule has 1 N–H and O–H groups in total. The van der Waals surface area contributed by atoms with Crippen LogP contribution in [0.3, 0.4) is 0 Å². The number of ether oxygens (including phenoxy) is 2. The molecule has 1 aliphatic heterocycles. The molecule has 0 spiro atoms. The lowest BCUT2D eigenvalue weighted by atomic mass is 10.0.